The molecule has 3 aromatic rings. The molecule has 1 fully saturated rings. The molecule has 4 rings (SSSR count). The van der Waals surface area contributed by atoms with Gasteiger partial charge in [0.05, 0.1) is 0 Å². The monoisotopic (exact) mass is 290 g/mol. The van der Waals surface area contributed by atoms with Crippen molar-refractivity contribution >= 4 is 5.69 Å². The molecule has 2 aromatic carbocycles. The van der Waals surface area contributed by atoms with Gasteiger partial charge in [0, 0.05) is 17.8 Å². The zero-order valence-electron chi connectivity index (χ0n) is 12.2. The maximum Gasteiger partial charge on any atom is 0.155 e. The Bertz CT molecular complexity index is 737. The average molecular weight is 290 g/mol. The van der Waals surface area contributed by atoms with E-state index in [1.165, 1.54) is 18.3 Å². The van der Waals surface area contributed by atoms with Gasteiger partial charge in [-0.05, 0) is 36.0 Å². The summed E-state index contributed by atoms with van der Waals surface area (Å²) in [6.07, 6.45) is 2.81. The second kappa shape index (κ2) is 5.64. The molecule has 2 N–H and O–H groups in total. The second-order valence-electron chi connectivity index (χ2n) is 5.81. The number of hydrogen-bond acceptors (Lipinski definition) is 3. The van der Waals surface area contributed by atoms with E-state index in [4.69, 9.17) is 0 Å². The Balaban J connectivity index is 1.38. The fourth-order valence-corrected chi connectivity index (χ4v) is 2.95. The van der Waals surface area contributed by atoms with Crippen LogP contribution in [0.2, 0.25) is 0 Å². The molecular formula is C18H18N4. The lowest BCUT2D eigenvalue weighted by Crippen LogP contribution is -2.04. The molecule has 1 saturated carbocycles. The summed E-state index contributed by atoms with van der Waals surface area (Å²) in [7, 11) is 0. The third-order valence-corrected chi connectivity index (χ3v) is 4.27. The van der Waals surface area contributed by atoms with Crippen LogP contribution in [0.5, 0.6) is 0 Å². The van der Waals surface area contributed by atoms with Gasteiger partial charge in [0.25, 0.3) is 0 Å². The van der Waals surface area contributed by atoms with Crippen LogP contribution in [0, 0.1) is 5.92 Å². The third-order valence-electron chi connectivity index (χ3n) is 4.27. The third kappa shape index (κ3) is 2.72. The molecule has 2 atom stereocenters. The number of nitrogens with zero attached hydrogens (tertiary/aromatic N) is 2. The Kier molecular flexibility index (Phi) is 3.35. The van der Waals surface area contributed by atoms with Crippen LogP contribution in [0.4, 0.5) is 5.69 Å². The Labute approximate surface area is 129 Å². The molecule has 1 heterocycles. The molecule has 4 nitrogen and oxygen atoms in total. The second-order valence-corrected chi connectivity index (χ2v) is 5.81. The first-order chi connectivity index (χ1) is 10.9. The first-order valence-electron chi connectivity index (χ1n) is 7.65. The smallest absolute Gasteiger partial charge is 0.155 e. The van der Waals surface area contributed by atoms with Gasteiger partial charge in [-0.3, -0.25) is 5.10 Å². The molecule has 4 heteroatoms. The minimum absolute atomic E-state index is 0.714. The van der Waals surface area contributed by atoms with Crippen molar-refractivity contribution < 1.29 is 0 Å². The molecule has 0 radical (unpaired) electrons. The molecule has 1 aliphatic rings. The average Bonchev–Trinajstić information content (AvgIpc) is 3.15. The van der Waals surface area contributed by atoms with E-state index in [9.17, 15) is 0 Å². The number of benzene rings is 2. The van der Waals surface area contributed by atoms with Gasteiger partial charge in [0.2, 0.25) is 0 Å². The molecule has 1 aromatic heterocycles. The van der Waals surface area contributed by atoms with Crippen LogP contribution in [-0.2, 0) is 0 Å². The topological polar surface area (TPSA) is 53.6 Å². The summed E-state index contributed by atoms with van der Waals surface area (Å²) in [4.78, 5) is 4.19. The summed E-state index contributed by atoms with van der Waals surface area (Å²) >= 11 is 0. The van der Waals surface area contributed by atoms with Crippen LogP contribution in [0.15, 0.2) is 60.9 Å². The van der Waals surface area contributed by atoms with E-state index in [-0.39, 0.29) is 0 Å². The summed E-state index contributed by atoms with van der Waals surface area (Å²) < 4.78 is 0. The summed E-state index contributed by atoms with van der Waals surface area (Å²) in [6, 6.07) is 19.1. The number of H-pyrrole nitrogens is 1. The van der Waals surface area contributed by atoms with E-state index < -0.39 is 0 Å². The van der Waals surface area contributed by atoms with Gasteiger partial charge in [0.15, 0.2) is 5.82 Å². The lowest BCUT2D eigenvalue weighted by Gasteiger charge is -2.07. The van der Waals surface area contributed by atoms with E-state index >= 15 is 0 Å². The number of hydrogen-bond donors (Lipinski definition) is 2. The molecule has 110 valence electrons. The number of aromatic amines is 1. The van der Waals surface area contributed by atoms with Gasteiger partial charge in [-0.2, -0.15) is 5.10 Å². The normalized spacial score (nSPS) is 19.8. The standard InChI is InChI=1S/C18H18N4/c1-2-5-13(6-3-1)17-10-15(17)11-19-16-8-4-7-14(9-16)18-20-12-21-22-18/h1-9,12,15,17,19H,10-11H2,(H,20,21,22)/t15-,17-/m1/s1. The van der Waals surface area contributed by atoms with E-state index in [1.807, 2.05) is 12.1 Å². The maximum atomic E-state index is 4.19. The maximum absolute atomic E-state index is 4.19. The minimum Gasteiger partial charge on any atom is -0.385 e. The summed E-state index contributed by atoms with van der Waals surface area (Å²) in [5.41, 5.74) is 3.65. The van der Waals surface area contributed by atoms with Crippen molar-refractivity contribution in [3.63, 3.8) is 0 Å². The summed E-state index contributed by atoms with van der Waals surface area (Å²) in [6.45, 7) is 1.01. The van der Waals surface area contributed by atoms with E-state index in [1.54, 1.807) is 0 Å². The predicted octanol–water partition coefficient (Wildman–Crippen LogP) is 3.69. The van der Waals surface area contributed by atoms with Gasteiger partial charge >= 0.3 is 0 Å². The molecular weight excluding hydrogens is 272 g/mol. The Morgan fingerprint density at radius 3 is 2.82 bits per heavy atom. The first-order valence-corrected chi connectivity index (χ1v) is 7.65. The van der Waals surface area contributed by atoms with Gasteiger partial charge in [-0.1, -0.05) is 42.5 Å². The Morgan fingerprint density at radius 2 is 2.00 bits per heavy atom. The van der Waals surface area contributed by atoms with Crippen LogP contribution in [-0.4, -0.2) is 21.7 Å². The van der Waals surface area contributed by atoms with Crippen molar-refractivity contribution in [1.82, 2.24) is 15.2 Å². The molecule has 0 unspecified atom stereocenters. The molecule has 0 aliphatic heterocycles. The highest BCUT2D eigenvalue weighted by Gasteiger charge is 2.37. The number of aromatic nitrogens is 3. The van der Waals surface area contributed by atoms with E-state index in [2.05, 4.69) is 63.0 Å². The zero-order chi connectivity index (χ0) is 14.8. The quantitative estimate of drug-likeness (QED) is 0.753. The molecule has 0 amide bonds. The van der Waals surface area contributed by atoms with Crippen molar-refractivity contribution in [2.75, 3.05) is 11.9 Å². The van der Waals surface area contributed by atoms with Gasteiger partial charge < -0.3 is 5.32 Å². The predicted molar refractivity (Wildman–Crippen MR) is 87.6 cm³/mol. The van der Waals surface area contributed by atoms with Crippen LogP contribution >= 0.6 is 0 Å². The van der Waals surface area contributed by atoms with Gasteiger partial charge in [0.1, 0.15) is 6.33 Å². The minimum atomic E-state index is 0.714. The van der Waals surface area contributed by atoms with Crippen molar-refractivity contribution in [1.29, 1.82) is 0 Å². The highest BCUT2D eigenvalue weighted by atomic mass is 15.2. The Hall–Kier alpha value is -2.62. The lowest BCUT2D eigenvalue weighted by molar-refractivity contribution is 0.844. The SMILES string of the molecule is c1ccc([C@H]2C[C@@H]2CNc2cccc(-c3ncn[nH]3)c2)cc1. The Morgan fingerprint density at radius 1 is 1.09 bits per heavy atom. The van der Waals surface area contributed by atoms with Crippen molar-refractivity contribution in [2.45, 2.75) is 12.3 Å². The number of nitrogens with one attached hydrogen (secondary N) is 2. The molecule has 0 spiro atoms. The van der Waals surface area contributed by atoms with E-state index in [0.29, 0.717) is 5.92 Å². The fraction of sp³-hybridized carbons (Fsp3) is 0.222. The summed E-state index contributed by atoms with van der Waals surface area (Å²) in [5, 5.41) is 10.3. The van der Waals surface area contributed by atoms with Crippen molar-refractivity contribution in [3.05, 3.63) is 66.5 Å². The summed E-state index contributed by atoms with van der Waals surface area (Å²) in [5.74, 6) is 2.25. The van der Waals surface area contributed by atoms with Gasteiger partial charge in [-0.25, -0.2) is 4.98 Å². The van der Waals surface area contributed by atoms with Crippen LogP contribution < -0.4 is 5.32 Å². The zero-order valence-corrected chi connectivity index (χ0v) is 12.2. The highest BCUT2D eigenvalue weighted by molar-refractivity contribution is 5.62. The molecule has 0 bridgehead atoms. The fourth-order valence-electron chi connectivity index (χ4n) is 2.95. The molecule has 22 heavy (non-hydrogen) atoms. The van der Waals surface area contributed by atoms with Crippen molar-refractivity contribution in [2.24, 2.45) is 5.92 Å². The molecule has 1 aliphatic carbocycles. The van der Waals surface area contributed by atoms with Gasteiger partial charge in [-0.15, -0.1) is 0 Å². The van der Waals surface area contributed by atoms with Crippen molar-refractivity contribution in [3.8, 4) is 11.4 Å². The van der Waals surface area contributed by atoms with Crippen LogP contribution in [0.3, 0.4) is 0 Å². The first kappa shape index (κ1) is 13.1. The van der Waals surface area contributed by atoms with Crippen LogP contribution in [0.1, 0.15) is 17.9 Å². The van der Waals surface area contributed by atoms with E-state index in [0.717, 1.165) is 29.5 Å². The highest BCUT2D eigenvalue weighted by Crippen LogP contribution is 2.47. The molecule has 0 saturated heterocycles. The lowest BCUT2D eigenvalue weighted by atomic mass is 10.1. The largest absolute Gasteiger partial charge is 0.385 e. The number of anilines is 1. The number of rotatable bonds is 5. The van der Waals surface area contributed by atoms with Crippen LogP contribution in [0.25, 0.3) is 11.4 Å².